The summed E-state index contributed by atoms with van der Waals surface area (Å²) < 4.78 is 28.8. The molecular weight excluding hydrogens is 356 g/mol. The zero-order valence-electron chi connectivity index (χ0n) is 15.7. The van der Waals surface area contributed by atoms with Crippen LogP contribution in [0.15, 0.2) is 60.7 Å². The third-order valence-corrected chi connectivity index (χ3v) is 5.70. The maximum Gasteiger partial charge on any atom is 0.264 e. The van der Waals surface area contributed by atoms with Crippen molar-refractivity contribution in [2.45, 2.75) is 39.0 Å². The van der Waals surface area contributed by atoms with E-state index in [-0.39, 0.29) is 5.75 Å². The first-order chi connectivity index (χ1) is 13.0. The first-order valence-corrected chi connectivity index (χ1v) is 11.2. The molecular formula is C23H26O3S. The van der Waals surface area contributed by atoms with E-state index in [9.17, 15) is 8.42 Å². The fraction of sp³-hybridized carbons (Fsp3) is 0.304. The molecule has 4 rings (SSSR count). The maximum absolute atomic E-state index is 10.2. The lowest BCUT2D eigenvalue weighted by Crippen LogP contribution is -2.03. The van der Waals surface area contributed by atoms with Crippen LogP contribution < -0.4 is 0 Å². The molecule has 0 aliphatic heterocycles. The summed E-state index contributed by atoms with van der Waals surface area (Å²) in [6.07, 6.45) is 4.83. The van der Waals surface area contributed by atoms with Crippen molar-refractivity contribution in [1.29, 1.82) is 0 Å². The molecule has 0 fully saturated rings. The lowest BCUT2D eigenvalue weighted by atomic mass is 9.95. The zero-order valence-corrected chi connectivity index (χ0v) is 16.5. The van der Waals surface area contributed by atoms with E-state index in [2.05, 4.69) is 67.6 Å². The van der Waals surface area contributed by atoms with Gasteiger partial charge in [-0.05, 0) is 38.7 Å². The van der Waals surface area contributed by atoms with Crippen molar-refractivity contribution in [3.63, 3.8) is 0 Å². The summed E-state index contributed by atoms with van der Waals surface area (Å²) in [7, 11) is -3.71. The van der Waals surface area contributed by atoms with Gasteiger partial charge in [-0.15, -0.1) is 0 Å². The van der Waals surface area contributed by atoms with Gasteiger partial charge < -0.3 is 0 Å². The predicted octanol–water partition coefficient (Wildman–Crippen LogP) is 6.43. The molecule has 4 aromatic carbocycles. The second-order valence-electron chi connectivity index (χ2n) is 6.99. The van der Waals surface area contributed by atoms with E-state index in [1.165, 1.54) is 32.3 Å². The van der Waals surface area contributed by atoms with Crippen molar-refractivity contribution in [3.8, 4) is 0 Å². The van der Waals surface area contributed by atoms with E-state index >= 15 is 0 Å². The van der Waals surface area contributed by atoms with Gasteiger partial charge in [0, 0.05) is 0 Å². The van der Waals surface area contributed by atoms with Gasteiger partial charge in [-0.3, -0.25) is 4.55 Å². The van der Waals surface area contributed by atoms with Crippen molar-refractivity contribution < 1.29 is 13.0 Å². The predicted molar refractivity (Wildman–Crippen MR) is 115 cm³/mol. The Morgan fingerprint density at radius 1 is 0.667 bits per heavy atom. The first-order valence-electron chi connectivity index (χ1n) is 9.57. The Labute approximate surface area is 161 Å². The van der Waals surface area contributed by atoms with Crippen LogP contribution in [-0.4, -0.2) is 18.7 Å². The fourth-order valence-electron chi connectivity index (χ4n) is 3.56. The van der Waals surface area contributed by atoms with Crippen LogP contribution in [0.2, 0.25) is 0 Å². The number of hydrogen-bond donors (Lipinski definition) is 1. The average molecular weight is 383 g/mol. The van der Waals surface area contributed by atoms with Crippen molar-refractivity contribution in [2.75, 3.05) is 5.75 Å². The SMILES string of the molecule is CCCCCCCS(=O)(=O)O.c1cc2ccc3cccc4ccc(c1)c2c34. The molecule has 0 radical (unpaired) electrons. The van der Waals surface area contributed by atoms with E-state index in [4.69, 9.17) is 4.55 Å². The highest BCUT2D eigenvalue weighted by Crippen LogP contribution is 2.33. The molecule has 142 valence electrons. The Balaban J connectivity index is 0.000000171. The van der Waals surface area contributed by atoms with Gasteiger partial charge in [-0.1, -0.05) is 93.3 Å². The monoisotopic (exact) mass is 382 g/mol. The molecule has 4 aromatic rings. The molecule has 0 bridgehead atoms. The molecule has 0 aliphatic carbocycles. The third-order valence-electron chi connectivity index (χ3n) is 4.90. The Morgan fingerprint density at radius 2 is 1.07 bits per heavy atom. The molecule has 0 amide bonds. The molecule has 0 heterocycles. The second-order valence-corrected chi connectivity index (χ2v) is 8.56. The number of unbranched alkanes of at least 4 members (excludes halogenated alkanes) is 4. The van der Waals surface area contributed by atoms with Gasteiger partial charge in [0.15, 0.2) is 0 Å². The highest BCUT2D eigenvalue weighted by Gasteiger charge is 2.06. The van der Waals surface area contributed by atoms with Crippen LogP contribution in [-0.2, 0) is 10.1 Å². The summed E-state index contributed by atoms with van der Waals surface area (Å²) in [5.74, 6) is -0.0866. The maximum atomic E-state index is 10.2. The van der Waals surface area contributed by atoms with Gasteiger partial charge in [0.1, 0.15) is 0 Å². The van der Waals surface area contributed by atoms with Crippen molar-refractivity contribution in [3.05, 3.63) is 60.7 Å². The number of benzene rings is 4. The smallest absolute Gasteiger partial charge is 0.264 e. The van der Waals surface area contributed by atoms with Crippen LogP contribution in [0.3, 0.4) is 0 Å². The van der Waals surface area contributed by atoms with E-state index in [1.807, 2.05) is 0 Å². The van der Waals surface area contributed by atoms with Gasteiger partial charge in [0.25, 0.3) is 10.1 Å². The van der Waals surface area contributed by atoms with Crippen LogP contribution in [0.5, 0.6) is 0 Å². The molecule has 0 unspecified atom stereocenters. The van der Waals surface area contributed by atoms with Gasteiger partial charge in [-0.25, -0.2) is 0 Å². The standard InChI is InChI=1S/C16H10.C7H16O3S/c1-3-11-7-9-13-5-2-6-14-10-8-12(4-1)15(11)16(13)14;1-2-3-4-5-6-7-11(8,9)10/h1-10H;2-7H2,1H3,(H,8,9,10). The van der Waals surface area contributed by atoms with Crippen molar-refractivity contribution >= 4 is 42.4 Å². The van der Waals surface area contributed by atoms with Gasteiger partial charge in [0.2, 0.25) is 0 Å². The second kappa shape index (κ2) is 8.68. The van der Waals surface area contributed by atoms with E-state index < -0.39 is 10.1 Å². The van der Waals surface area contributed by atoms with Crippen molar-refractivity contribution in [1.82, 2.24) is 0 Å². The molecule has 0 saturated carbocycles. The quantitative estimate of drug-likeness (QED) is 0.237. The summed E-state index contributed by atoms with van der Waals surface area (Å²) in [6.45, 7) is 2.10. The van der Waals surface area contributed by atoms with Crippen LogP contribution >= 0.6 is 0 Å². The molecule has 0 aliphatic rings. The van der Waals surface area contributed by atoms with Crippen molar-refractivity contribution in [2.24, 2.45) is 0 Å². The summed E-state index contributed by atoms with van der Waals surface area (Å²) in [6, 6.07) is 21.9. The summed E-state index contributed by atoms with van der Waals surface area (Å²) in [5, 5.41) is 8.14. The zero-order chi connectivity index (χ0) is 19.3. The molecule has 27 heavy (non-hydrogen) atoms. The number of hydrogen-bond acceptors (Lipinski definition) is 2. The minimum absolute atomic E-state index is 0.0866. The largest absolute Gasteiger partial charge is 0.286 e. The highest BCUT2D eigenvalue weighted by molar-refractivity contribution is 7.85. The lowest BCUT2D eigenvalue weighted by Gasteiger charge is -2.09. The molecule has 3 nitrogen and oxygen atoms in total. The fourth-order valence-corrected chi connectivity index (χ4v) is 4.13. The lowest BCUT2D eigenvalue weighted by molar-refractivity contribution is 0.479. The van der Waals surface area contributed by atoms with Gasteiger partial charge in [-0.2, -0.15) is 8.42 Å². The Hall–Kier alpha value is -2.17. The normalized spacial score (nSPS) is 11.8. The molecule has 1 N–H and O–H groups in total. The third kappa shape index (κ3) is 4.96. The van der Waals surface area contributed by atoms with Crippen LogP contribution in [0.1, 0.15) is 39.0 Å². The molecule has 0 spiro atoms. The van der Waals surface area contributed by atoms with Gasteiger partial charge >= 0.3 is 0 Å². The minimum Gasteiger partial charge on any atom is -0.286 e. The van der Waals surface area contributed by atoms with E-state index in [0.29, 0.717) is 6.42 Å². The van der Waals surface area contributed by atoms with Crippen LogP contribution in [0.25, 0.3) is 32.3 Å². The Morgan fingerprint density at radius 3 is 1.44 bits per heavy atom. The summed E-state index contributed by atoms with van der Waals surface area (Å²) in [5.41, 5.74) is 0. The van der Waals surface area contributed by atoms with Gasteiger partial charge in [0.05, 0.1) is 5.75 Å². The minimum atomic E-state index is -3.71. The summed E-state index contributed by atoms with van der Waals surface area (Å²) in [4.78, 5) is 0. The van der Waals surface area contributed by atoms with Crippen LogP contribution in [0.4, 0.5) is 0 Å². The van der Waals surface area contributed by atoms with E-state index in [1.54, 1.807) is 0 Å². The molecule has 0 saturated heterocycles. The summed E-state index contributed by atoms with van der Waals surface area (Å²) >= 11 is 0. The highest BCUT2D eigenvalue weighted by atomic mass is 32.2. The topological polar surface area (TPSA) is 54.4 Å². The van der Waals surface area contributed by atoms with Crippen LogP contribution in [0, 0.1) is 0 Å². The Kier molecular flexibility index (Phi) is 6.30. The molecule has 0 atom stereocenters. The molecule has 0 aromatic heterocycles. The average Bonchev–Trinajstić information content (AvgIpc) is 2.66. The first kappa shape index (κ1) is 19.6. The molecule has 4 heteroatoms. The number of rotatable bonds is 6. The Bertz CT molecular complexity index is 987. The van der Waals surface area contributed by atoms with E-state index in [0.717, 1.165) is 25.7 Å².